The summed E-state index contributed by atoms with van der Waals surface area (Å²) in [5.41, 5.74) is 5.12. The summed E-state index contributed by atoms with van der Waals surface area (Å²) in [6.07, 6.45) is 3.51. The van der Waals surface area contributed by atoms with Crippen molar-refractivity contribution in [1.29, 1.82) is 0 Å². The van der Waals surface area contributed by atoms with Gasteiger partial charge in [0, 0.05) is 24.5 Å². The zero-order valence-corrected chi connectivity index (χ0v) is 19.8. The Morgan fingerprint density at radius 1 is 1.06 bits per heavy atom. The minimum atomic E-state index is -0.245. The van der Waals surface area contributed by atoms with Crippen LogP contribution in [-0.2, 0) is 11.8 Å². The molecular weight excluding hydrogens is 452 g/mol. The van der Waals surface area contributed by atoms with Gasteiger partial charge in [-0.15, -0.1) is 10.2 Å². The summed E-state index contributed by atoms with van der Waals surface area (Å²) in [6.45, 7) is 0. The molecule has 0 aliphatic heterocycles. The van der Waals surface area contributed by atoms with E-state index < -0.39 is 0 Å². The van der Waals surface area contributed by atoms with E-state index in [4.69, 9.17) is 9.47 Å². The number of ether oxygens (including phenoxy) is 2. The lowest BCUT2D eigenvalue weighted by Gasteiger charge is -2.12. The van der Waals surface area contributed by atoms with E-state index in [1.807, 2.05) is 83.0 Å². The number of amides is 1. The summed E-state index contributed by atoms with van der Waals surface area (Å²) in [5.74, 6) is 1.72. The molecule has 1 N–H and O–H groups in total. The van der Waals surface area contributed by atoms with Crippen LogP contribution in [0.1, 0.15) is 5.69 Å². The van der Waals surface area contributed by atoms with Crippen molar-refractivity contribution < 1.29 is 14.3 Å². The number of benzene rings is 2. The fourth-order valence-corrected chi connectivity index (χ4v) is 4.02. The van der Waals surface area contributed by atoms with Crippen molar-refractivity contribution in [2.75, 3.05) is 20.0 Å². The Morgan fingerprint density at radius 2 is 1.85 bits per heavy atom. The monoisotopic (exact) mass is 476 g/mol. The topological polar surface area (TPSA) is 95.6 Å². The molecule has 0 saturated heterocycles. The molecule has 2 aromatic heterocycles. The van der Waals surface area contributed by atoms with Crippen LogP contribution in [0.25, 0.3) is 17.1 Å². The molecule has 9 nitrogen and oxygen atoms in total. The Hall–Kier alpha value is -4.05. The number of hydrogen-bond acceptors (Lipinski definition) is 7. The minimum absolute atomic E-state index is 0.126. The third-order valence-electron chi connectivity index (χ3n) is 4.99. The van der Waals surface area contributed by atoms with Crippen molar-refractivity contribution in [3.8, 4) is 28.6 Å². The SMILES string of the molecule is COc1ccc(-c2nnc(SCC(=O)NN=Cc3cccn3C)n2-c2ccccc2)cc1OC. The highest BCUT2D eigenvalue weighted by Crippen LogP contribution is 2.34. The second kappa shape index (κ2) is 10.7. The van der Waals surface area contributed by atoms with Crippen LogP contribution in [0.15, 0.2) is 77.1 Å². The number of rotatable bonds is 9. The largest absolute Gasteiger partial charge is 0.493 e. The number of hydrazone groups is 1. The number of aromatic nitrogens is 4. The van der Waals surface area contributed by atoms with E-state index in [0.717, 1.165) is 16.9 Å². The fourth-order valence-electron chi connectivity index (χ4n) is 3.28. The molecule has 0 radical (unpaired) electrons. The molecule has 34 heavy (non-hydrogen) atoms. The Balaban J connectivity index is 1.56. The first kappa shape index (κ1) is 23.1. The van der Waals surface area contributed by atoms with Crippen molar-refractivity contribution >= 4 is 23.9 Å². The quantitative estimate of drug-likeness (QED) is 0.226. The molecule has 174 valence electrons. The van der Waals surface area contributed by atoms with E-state index in [9.17, 15) is 4.79 Å². The fraction of sp³-hybridized carbons (Fsp3) is 0.167. The highest BCUT2D eigenvalue weighted by Gasteiger charge is 2.18. The lowest BCUT2D eigenvalue weighted by Crippen LogP contribution is -2.20. The molecule has 0 fully saturated rings. The minimum Gasteiger partial charge on any atom is -0.493 e. The van der Waals surface area contributed by atoms with Gasteiger partial charge in [0.1, 0.15) is 0 Å². The van der Waals surface area contributed by atoms with Crippen LogP contribution in [0.4, 0.5) is 0 Å². The van der Waals surface area contributed by atoms with Crippen molar-refractivity contribution in [2.45, 2.75) is 5.16 Å². The highest BCUT2D eigenvalue weighted by molar-refractivity contribution is 7.99. The van der Waals surface area contributed by atoms with Gasteiger partial charge in [-0.2, -0.15) is 5.10 Å². The van der Waals surface area contributed by atoms with E-state index in [-0.39, 0.29) is 11.7 Å². The zero-order chi connectivity index (χ0) is 23.9. The first-order valence-electron chi connectivity index (χ1n) is 10.4. The van der Waals surface area contributed by atoms with Crippen LogP contribution in [0.2, 0.25) is 0 Å². The summed E-state index contributed by atoms with van der Waals surface area (Å²) in [7, 11) is 5.09. The van der Waals surface area contributed by atoms with Crippen LogP contribution in [0.3, 0.4) is 0 Å². The zero-order valence-electron chi connectivity index (χ0n) is 19.0. The number of nitrogens with zero attached hydrogens (tertiary/aromatic N) is 5. The molecule has 2 heterocycles. The Labute approximate surface area is 201 Å². The highest BCUT2D eigenvalue weighted by atomic mass is 32.2. The van der Waals surface area contributed by atoms with Crippen LogP contribution < -0.4 is 14.9 Å². The molecule has 0 atom stereocenters. The van der Waals surface area contributed by atoms with E-state index in [1.165, 1.54) is 11.8 Å². The number of hydrogen-bond donors (Lipinski definition) is 1. The average molecular weight is 477 g/mol. The summed E-state index contributed by atoms with van der Waals surface area (Å²) in [5, 5.41) is 13.4. The molecule has 4 rings (SSSR count). The molecule has 0 unspecified atom stereocenters. The van der Waals surface area contributed by atoms with Gasteiger partial charge in [0.15, 0.2) is 22.5 Å². The normalized spacial score (nSPS) is 11.0. The van der Waals surface area contributed by atoms with E-state index in [0.29, 0.717) is 22.5 Å². The van der Waals surface area contributed by atoms with Crippen molar-refractivity contribution in [3.63, 3.8) is 0 Å². The van der Waals surface area contributed by atoms with Gasteiger partial charge in [0.05, 0.1) is 31.9 Å². The van der Waals surface area contributed by atoms with Gasteiger partial charge in [-0.05, 0) is 42.5 Å². The number of para-hydroxylation sites is 1. The van der Waals surface area contributed by atoms with Gasteiger partial charge in [-0.1, -0.05) is 30.0 Å². The second-order valence-corrected chi connectivity index (χ2v) is 8.12. The van der Waals surface area contributed by atoms with Crippen LogP contribution in [0.5, 0.6) is 11.5 Å². The van der Waals surface area contributed by atoms with Gasteiger partial charge in [-0.3, -0.25) is 9.36 Å². The molecule has 0 spiro atoms. The van der Waals surface area contributed by atoms with Gasteiger partial charge < -0.3 is 14.0 Å². The summed E-state index contributed by atoms with van der Waals surface area (Å²) >= 11 is 1.28. The maximum absolute atomic E-state index is 12.4. The van der Waals surface area contributed by atoms with Crippen molar-refractivity contribution in [3.05, 3.63) is 72.6 Å². The standard InChI is InChI=1S/C24H24N6O3S/c1-29-13-7-10-19(29)15-25-26-22(31)16-34-24-28-27-23(30(24)18-8-5-4-6-9-18)17-11-12-20(32-2)21(14-17)33-3/h4-15H,16H2,1-3H3,(H,26,31). The predicted molar refractivity (Wildman–Crippen MR) is 132 cm³/mol. The average Bonchev–Trinajstić information content (AvgIpc) is 3.48. The molecule has 10 heteroatoms. The summed E-state index contributed by atoms with van der Waals surface area (Å²) in [6, 6.07) is 19.1. The Kier molecular flexibility index (Phi) is 7.28. The van der Waals surface area contributed by atoms with Gasteiger partial charge in [0.25, 0.3) is 5.91 Å². The summed E-state index contributed by atoms with van der Waals surface area (Å²) in [4.78, 5) is 12.4. The summed E-state index contributed by atoms with van der Waals surface area (Å²) < 4.78 is 14.6. The number of nitrogens with one attached hydrogen (secondary N) is 1. The Bertz CT molecular complexity index is 1300. The molecule has 0 bridgehead atoms. The number of carbonyl (C=O) groups is 1. The smallest absolute Gasteiger partial charge is 0.250 e. The lowest BCUT2D eigenvalue weighted by molar-refractivity contribution is -0.118. The predicted octanol–water partition coefficient (Wildman–Crippen LogP) is 3.53. The van der Waals surface area contributed by atoms with Crippen molar-refractivity contribution in [2.24, 2.45) is 12.1 Å². The maximum atomic E-state index is 12.4. The number of aryl methyl sites for hydroxylation is 1. The first-order valence-corrected chi connectivity index (χ1v) is 11.4. The van der Waals surface area contributed by atoms with Gasteiger partial charge in [-0.25, -0.2) is 5.43 Å². The van der Waals surface area contributed by atoms with E-state index in [2.05, 4.69) is 20.7 Å². The van der Waals surface area contributed by atoms with Crippen LogP contribution in [0, 0.1) is 0 Å². The number of methoxy groups -OCH3 is 2. The maximum Gasteiger partial charge on any atom is 0.250 e. The second-order valence-electron chi connectivity index (χ2n) is 7.17. The molecule has 2 aromatic carbocycles. The van der Waals surface area contributed by atoms with Crippen LogP contribution >= 0.6 is 11.8 Å². The van der Waals surface area contributed by atoms with Crippen molar-refractivity contribution in [1.82, 2.24) is 24.8 Å². The third-order valence-corrected chi connectivity index (χ3v) is 5.92. The molecule has 1 amide bonds. The van der Waals surface area contributed by atoms with Gasteiger partial charge in [0.2, 0.25) is 0 Å². The molecule has 4 aromatic rings. The van der Waals surface area contributed by atoms with Crippen LogP contribution in [-0.4, -0.2) is 51.4 Å². The number of carbonyl (C=O) groups excluding carboxylic acids is 1. The molecule has 0 saturated carbocycles. The lowest BCUT2D eigenvalue weighted by atomic mass is 10.2. The molecule has 0 aliphatic rings. The third kappa shape index (κ3) is 5.12. The van der Waals surface area contributed by atoms with Gasteiger partial charge >= 0.3 is 0 Å². The number of thioether (sulfide) groups is 1. The Morgan fingerprint density at radius 3 is 2.56 bits per heavy atom. The molecule has 0 aliphatic carbocycles. The molecular formula is C24H24N6O3S. The van der Waals surface area contributed by atoms with E-state index >= 15 is 0 Å². The van der Waals surface area contributed by atoms with E-state index in [1.54, 1.807) is 20.4 Å². The first-order chi connectivity index (χ1) is 16.6.